The van der Waals surface area contributed by atoms with Gasteiger partial charge in [-0.3, -0.25) is 9.69 Å². The van der Waals surface area contributed by atoms with Crippen molar-refractivity contribution < 1.29 is 4.79 Å². The smallest absolute Gasteiger partial charge is 0.262 e. The normalized spacial score (nSPS) is 10.3. The fraction of sp³-hybridized carbons (Fsp3) is 0.0952. The molecule has 0 spiro atoms. The van der Waals surface area contributed by atoms with Crippen LogP contribution in [-0.2, 0) is 0 Å². The number of hydrogen-bond donors (Lipinski definition) is 0. The molecule has 0 aromatic heterocycles. The Morgan fingerprint density at radius 3 is 1.57 bits per heavy atom. The Bertz CT molecular complexity index is 779. The summed E-state index contributed by atoms with van der Waals surface area (Å²) in [5, 5.41) is 0. The number of amides is 1. The highest BCUT2D eigenvalue weighted by Gasteiger charge is 2.22. The van der Waals surface area contributed by atoms with Crippen LogP contribution in [0.4, 0.5) is 11.4 Å². The van der Waals surface area contributed by atoms with Crippen molar-refractivity contribution in [2.24, 2.45) is 0 Å². The molecule has 3 rings (SSSR count). The van der Waals surface area contributed by atoms with E-state index in [-0.39, 0.29) is 5.91 Å². The van der Waals surface area contributed by atoms with E-state index in [0.29, 0.717) is 5.56 Å². The van der Waals surface area contributed by atoms with Crippen molar-refractivity contribution >= 4 is 17.3 Å². The molecule has 2 heteroatoms. The maximum atomic E-state index is 13.2. The lowest BCUT2D eigenvalue weighted by atomic mass is 10.1. The summed E-state index contributed by atoms with van der Waals surface area (Å²) in [7, 11) is 0. The second-order valence-electron chi connectivity index (χ2n) is 5.58. The third-order valence-corrected chi connectivity index (χ3v) is 3.94. The Balaban J connectivity index is 2.17. The number of benzene rings is 3. The summed E-state index contributed by atoms with van der Waals surface area (Å²) in [5.74, 6) is -0.0193. The molecule has 114 valence electrons. The van der Waals surface area contributed by atoms with Crippen molar-refractivity contribution in [1.82, 2.24) is 0 Å². The van der Waals surface area contributed by atoms with Gasteiger partial charge in [0, 0.05) is 5.56 Å². The number of anilines is 2. The lowest BCUT2D eigenvalue weighted by Gasteiger charge is -2.26. The topological polar surface area (TPSA) is 20.3 Å². The average molecular weight is 301 g/mol. The molecule has 0 N–H and O–H groups in total. The molecule has 0 fully saturated rings. The number of hydrogen-bond acceptors (Lipinski definition) is 1. The van der Waals surface area contributed by atoms with Crippen LogP contribution in [0, 0.1) is 13.8 Å². The van der Waals surface area contributed by atoms with Gasteiger partial charge in [0.2, 0.25) is 0 Å². The van der Waals surface area contributed by atoms with Gasteiger partial charge in [0.05, 0.1) is 11.4 Å². The van der Waals surface area contributed by atoms with Crippen LogP contribution in [0.1, 0.15) is 21.5 Å². The maximum Gasteiger partial charge on any atom is 0.262 e. The molecule has 0 saturated carbocycles. The molecule has 0 aliphatic carbocycles. The Labute approximate surface area is 137 Å². The number of carbonyl (C=O) groups excluding carboxylic acids is 1. The van der Waals surface area contributed by atoms with Crippen LogP contribution in [0.15, 0.2) is 78.9 Å². The highest BCUT2D eigenvalue weighted by atomic mass is 16.2. The first kappa shape index (κ1) is 15.0. The van der Waals surface area contributed by atoms with Crippen LogP contribution in [0.25, 0.3) is 0 Å². The molecule has 0 bridgehead atoms. The fourth-order valence-electron chi connectivity index (χ4n) is 2.69. The van der Waals surface area contributed by atoms with Crippen LogP contribution in [0.5, 0.6) is 0 Å². The molecule has 0 radical (unpaired) electrons. The summed E-state index contributed by atoms with van der Waals surface area (Å²) in [6, 6.07) is 25.3. The zero-order chi connectivity index (χ0) is 16.2. The molecule has 2 nitrogen and oxygen atoms in total. The first-order valence-electron chi connectivity index (χ1n) is 7.69. The van der Waals surface area contributed by atoms with Gasteiger partial charge in [0.25, 0.3) is 5.91 Å². The van der Waals surface area contributed by atoms with Crippen molar-refractivity contribution in [3.63, 3.8) is 0 Å². The first-order valence-corrected chi connectivity index (χ1v) is 7.69. The van der Waals surface area contributed by atoms with E-state index in [0.717, 1.165) is 22.5 Å². The third-order valence-electron chi connectivity index (χ3n) is 3.94. The zero-order valence-corrected chi connectivity index (χ0v) is 13.4. The molecule has 3 aromatic rings. The molecule has 0 aliphatic rings. The fourth-order valence-corrected chi connectivity index (χ4v) is 2.69. The predicted octanol–water partition coefficient (Wildman–Crippen LogP) is 5.28. The first-order chi connectivity index (χ1) is 11.2. The number of nitrogens with zero attached hydrogens (tertiary/aromatic N) is 1. The number of rotatable bonds is 3. The van der Waals surface area contributed by atoms with Gasteiger partial charge < -0.3 is 0 Å². The Morgan fingerprint density at radius 2 is 1.09 bits per heavy atom. The van der Waals surface area contributed by atoms with E-state index in [2.05, 4.69) is 0 Å². The van der Waals surface area contributed by atoms with Crippen molar-refractivity contribution in [3.8, 4) is 0 Å². The quantitative estimate of drug-likeness (QED) is 0.644. The summed E-state index contributed by atoms with van der Waals surface area (Å²) >= 11 is 0. The van der Waals surface area contributed by atoms with Crippen molar-refractivity contribution in [2.75, 3.05) is 4.90 Å². The van der Waals surface area contributed by atoms with Crippen LogP contribution in [0.2, 0.25) is 0 Å². The second-order valence-corrected chi connectivity index (χ2v) is 5.58. The molecular weight excluding hydrogens is 282 g/mol. The average Bonchev–Trinajstić information content (AvgIpc) is 2.59. The summed E-state index contributed by atoms with van der Waals surface area (Å²) in [5.41, 5.74) is 4.64. The molecule has 0 saturated heterocycles. The minimum absolute atomic E-state index is 0.0193. The van der Waals surface area contributed by atoms with Crippen molar-refractivity contribution in [2.45, 2.75) is 13.8 Å². The van der Waals surface area contributed by atoms with Gasteiger partial charge in [0.15, 0.2) is 0 Å². The van der Waals surface area contributed by atoms with E-state index in [1.807, 2.05) is 92.7 Å². The number of aryl methyl sites for hydroxylation is 2. The molecule has 1 amide bonds. The second kappa shape index (κ2) is 6.49. The monoisotopic (exact) mass is 301 g/mol. The zero-order valence-electron chi connectivity index (χ0n) is 13.4. The SMILES string of the molecule is Cc1ccccc1N(C(=O)c1ccccc1)c1ccccc1C. The van der Waals surface area contributed by atoms with E-state index in [4.69, 9.17) is 0 Å². The van der Waals surface area contributed by atoms with Crippen LogP contribution in [0.3, 0.4) is 0 Å². The van der Waals surface area contributed by atoms with E-state index in [1.165, 1.54) is 0 Å². The molecule has 3 aromatic carbocycles. The molecule has 0 heterocycles. The third kappa shape index (κ3) is 3.02. The standard InChI is InChI=1S/C21H19NO/c1-16-10-6-8-14-19(16)22(20-15-9-7-11-17(20)2)21(23)18-12-4-3-5-13-18/h3-15H,1-2H3. The molecule has 0 unspecified atom stereocenters. The summed E-state index contributed by atoms with van der Waals surface area (Å²) < 4.78 is 0. The van der Waals surface area contributed by atoms with E-state index in [1.54, 1.807) is 4.90 Å². The predicted molar refractivity (Wildman–Crippen MR) is 95.3 cm³/mol. The number of carbonyl (C=O) groups is 1. The molecule has 0 aliphatic heterocycles. The van der Waals surface area contributed by atoms with Gasteiger partial charge in [-0.15, -0.1) is 0 Å². The minimum atomic E-state index is -0.0193. The Morgan fingerprint density at radius 1 is 0.652 bits per heavy atom. The van der Waals surface area contributed by atoms with Gasteiger partial charge in [-0.2, -0.15) is 0 Å². The number of para-hydroxylation sites is 2. The van der Waals surface area contributed by atoms with Crippen LogP contribution in [-0.4, -0.2) is 5.91 Å². The molecule has 23 heavy (non-hydrogen) atoms. The highest BCUT2D eigenvalue weighted by Crippen LogP contribution is 2.32. The maximum absolute atomic E-state index is 13.2. The van der Waals surface area contributed by atoms with Gasteiger partial charge >= 0.3 is 0 Å². The van der Waals surface area contributed by atoms with Gasteiger partial charge in [-0.05, 0) is 49.2 Å². The van der Waals surface area contributed by atoms with Gasteiger partial charge in [-0.25, -0.2) is 0 Å². The lowest BCUT2D eigenvalue weighted by molar-refractivity contribution is 0.0999. The Kier molecular flexibility index (Phi) is 4.24. The van der Waals surface area contributed by atoms with Gasteiger partial charge in [0.1, 0.15) is 0 Å². The summed E-state index contributed by atoms with van der Waals surface area (Å²) in [6.07, 6.45) is 0. The van der Waals surface area contributed by atoms with E-state index < -0.39 is 0 Å². The van der Waals surface area contributed by atoms with E-state index >= 15 is 0 Å². The summed E-state index contributed by atoms with van der Waals surface area (Å²) in [6.45, 7) is 4.05. The minimum Gasteiger partial charge on any atom is -0.276 e. The van der Waals surface area contributed by atoms with Gasteiger partial charge in [-0.1, -0.05) is 54.6 Å². The van der Waals surface area contributed by atoms with E-state index in [9.17, 15) is 4.79 Å². The van der Waals surface area contributed by atoms with Crippen molar-refractivity contribution in [3.05, 3.63) is 95.6 Å². The highest BCUT2D eigenvalue weighted by molar-refractivity contribution is 6.11. The van der Waals surface area contributed by atoms with Crippen molar-refractivity contribution in [1.29, 1.82) is 0 Å². The molecular formula is C21H19NO. The largest absolute Gasteiger partial charge is 0.276 e. The molecule has 0 atom stereocenters. The summed E-state index contributed by atoms with van der Waals surface area (Å²) in [4.78, 5) is 15.0. The Hall–Kier alpha value is -2.87. The van der Waals surface area contributed by atoms with Crippen LogP contribution >= 0.6 is 0 Å². The van der Waals surface area contributed by atoms with Crippen LogP contribution < -0.4 is 4.90 Å². The lowest BCUT2D eigenvalue weighted by Crippen LogP contribution is -2.27.